The Morgan fingerprint density at radius 2 is 1.96 bits per heavy atom. The Bertz CT molecular complexity index is 676. The first-order valence-electron chi connectivity index (χ1n) is 9.37. The summed E-state index contributed by atoms with van der Waals surface area (Å²) in [7, 11) is 0. The minimum atomic E-state index is -0.732. The molecule has 2 aliphatic rings. The summed E-state index contributed by atoms with van der Waals surface area (Å²) in [6, 6.07) is 8.03. The molecule has 2 saturated heterocycles. The number of esters is 1. The van der Waals surface area contributed by atoms with E-state index in [2.05, 4.69) is 0 Å². The maximum Gasteiger partial charge on any atom is 0.328 e. The van der Waals surface area contributed by atoms with Gasteiger partial charge in [0.2, 0.25) is 11.8 Å². The number of amides is 2. The number of aryl methyl sites for hydroxylation is 1. The number of nitrogens with zero attached hydrogens (tertiary/aromatic N) is 2. The van der Waals surface area contributed by atoms with Crippen molar-refractivity contribution >= 4 is 17.8 Å². The van der Waals surface area contributed by atoms with Crippen LogP contribution in [0, 0.1) is 0 Å². The summed E-state index contributed by atoms with van der Waals surface area (Å²) in [6.07, 6.45) is 2.58. The lowest BCUT2D eigenvalue weighted by Gasteiger charge is -2.43. The van der Waals surface area contributed by atoms with Crippen LogP contribution in [0.5, 0.6) is 0 Å². The van der Waals surface area contributed by atoms with Gasteiger partial charge in [0.15, 0.2) is 0 Å². The van der Waals surface area contributed by atoms with Crippen LogP contribution in [0.1, 0.15) is 38.7 Å². The van der Waals surface area contributed by atoms with Crippen LogP contribution in [-0.2, 0) is 25.5 Å². The Kier molecular flexibility index (Phi) is 5.59. The predicted molar refractivity (Wildman–Crippen MR) is 96.2 cm³/mol. The van der Waals surface area contributed by atoms with Crippen LogP contribution in [-0.4, -0.2) is 58.9 Å². The summed E-state index contributed by atoms with van der Waals surface area (Å²) in [4.78, 5) is 41.5. The van der Waals surface area contributed by atoms with Gasteiger partial charge in [0, 0.05) is 6.54 Å². The highest BCUT2D eigenvalue weighted by Gasteiger charge is 2.49. The smallest absolute Gasteiger partial charge is 0.328 e. The van der Waals surface area contributed by atoms with Crippen molar-refractivity contribution in [3.63, 3.8) is 0 Å². The maximum atomic E-state index is 13.0. The van der Waals surface area contributed by atoms with Gasteiger partial charge in [-0.2, -0.15) is 0 Å². The third-order valence-electron chi connectivity index (χ3n) is 5.29. The largest absolute Gasteiger partial charge is 0.464 e. The second-order valence-electron chi connectivity index (χ2n) is 6.90. The molecule has 6 heteroatoms. The van der Waals surface area contributed by atoms with Crippen molar-refractivity contribution in [3.05, 3.63) is 35.9 Å². The molecule has 0 aliphatic carbocycles. The molecule has 6 nitrogen and oxygen atoms in total. The van der Waals surface area contributed by atoms with Gasteiger partial charge in [-0.25, -0.2) is 4.79 Å². The zero-order valence-corrected chi connectivity index (χ0v) is 15.4. The van der Waals surface area contributed by atoms with Crippen LogP contribution in [0.4, 0.5) is 0 Å². The SMILES string of the molecule is CCOC(=O)[C@H](CCc1ccccc1)N1C(=O)[C@@H]2CCCN2C(=O)[C@@H]1C. The number of carbonyl (C=O) groups is 3. The van der Waals surface area contributed by atoms with Gasteiger partial charge >= 0.3 is 5.97 Å². The molecule has 0 N–H and O–H groups in total. The lowest BCUT2D eigenvalue weighted by molar-refractivity contribution is -0.168. The Morgan fingerprint density at radius 1 is 1.23 bits per heavy atom. The third-order valence-corrected chi connectivity index (χ3v) is 5.29. The minimum absolute atomic E-state index is 0.0684. The number of ether oxygens (including phenoxy) is 1. The normalized spacial score (nSPS) is 23.8. The number of hydrogen-bond donors (Lipinski definition) is 0. The van der Waals surface area contributed by atoms with Gasteiger partial charge in [0.1, 0.15) is 18.1 Å². The lowest BCUT2D eigenvalue weighted by Crippen LogP contribution is -2.65. The molecule has 0 saturated carbocycles. The summed E-state index contributed by atoms with van der Waals surface area (Å²) >= 11 is 0. The van der Waals surface area contributed by atoms with Crippen molar-refractivity contribution in [2.24, 2.45) is 0 Å². The Balaban J connectivity index is 1.83. The van der Waals surface area contributed by atoms with Gasteiger partial charge in [-0.1, -0.05) is 30.3 Å². The molecule has 1 aromatic rings. The molecular weight excluding hydrogens is 332 g/mol. The van der Waals surface area contributed by atoms with E-state index in [4.69, 9.17) is 4.74 Å². The van der Waals surface area contributed by atoms with Crippen molar-refractivity contribution in [2.75, 3.05) is 13.2 Å². The summed E-state index contributed by atoms with van der Waals surface area (Å²) in [5, 5.41) is 0. The van der Waals surface area contributed by atoms with E-state index < -0.39 is 24.1 Å². The second kappa shape index (κ2) is 7.89. The van der Waals surface area contributed by atoms with Gasteiger partial charge in [0.05, 0.1) is 6.61 Å². The molecule has 2 heterocycles. The van der Waals surface area contributed by atoms with E-state index in [1.165, 1.54) is 4.90 Å². The van der Waals surface area contributed by atoms with Crippen molar-refractivity contribution in [1.29, 1.82) is 0 Å². The van der Waals surface area contributed by atoms with E-state index in [-0.39, 0.29) is 18.4 Å². The molecule has 140 valence electrons. The summed E-state index contributed by atoms with van der Waals surface area (Å²) in [5.74, 6) is -0.621. The Hall–Kier alpha value is -2.37. The van der Waals surface area contributed by atoms with Crippen LogP contribution in [0.3, 0.4) is 0 Å². The van der Waals surface area contributed by atoms with E-state index in [1.807, 2.05) is 30.3 Å². The van der Waals surface area contributed by atoms with E-state index in [9.17, 15) is 14.4 Å². The van der Waals surface area contributed by atoms with E-state index in [0.29, 0.717) is 25.8 Å². The molecule has 1 aromatic carbocycles. The number of benzene rings is 1. The fourth-order valence-electron chi connectivity index (χ4n) is 3.99. The van der Waals surface area contributed by atoms with Crippen molar-refractivity contribution < 1.29 is 19.1 Å². The van der Waals surface area contributed by atoms with Crippen molar-refractivity contribution in [2.45, 2.75) is 57.7 Å². The summed E-state index contributed by atoms with van der Waals surface area (Å²) in [5.41, 5.74) is 1.09. The van der Waals surface area contributed by atoms with Crippen molar-refractivity contribution in [3.8, 4) is 0 Å². The highest BCUT2D eigenvalue weighted by Crippen LogP contribution is 2.29. The molecular formula is C20H26N2O4. The number of hydrogen-bond acceptors (Lipinski definition) is 4. The molecule has 2 aliphatic heterocycles. The second-order valence-corrected chi connectivity index (χ2v) is 6.90. The first kappa shape index (κ1) is 18.4. The number of piperazine rings is 1. The summed E-state index contributed by atoms with van der Waals surface area (Å²) in [6.45, 7) is 4.34. The average molecular weight is 358 g/mol. The molecule has 0 bridgehead atoms. The maximum absolute atomic E-state index is 13.0. The zero-order chi connectivity index (χ0) is 18.7. The Labute approximate surface area is 154 Å². The number of carbonyl (C=O) groups excluding carboxylic acids is 3. The van der Waals surface area contributed by atoms with E-state index >= 15 is 0 Å². The topological polar surface area (TPSA) is 66.9 Å². The lowest BCUT2D eigenvalue weighted by atomic mass is 9.98. The van der Waals surface area contributed by atoms with Gasteiger partial charge in [-0.05, 0) is 45.1 Å². The molecule has 3 rings (SSSR count). The van der Waals surface area contributed by atoms with Gasteiger partial charge in [-0.15, -0.1) is 0 Å². The van der Waals surface area contributed by atoms with Gasteiger partial charge in [0.25, 0.3) is 0 Å². The molecule has 2 fully saturated rings. The first-order chi connectivity index (χ1) is 12.5. The quantitative estimate of drug-likeness (QED) is 0.727. The Morgan fingerprint density at radius 3 is 2.65 bits per heavy atom. The monoisotopic (exact) mass is 358 g/mol. The van der Waals surface area contributed by atoms with Crippen LogP contribution in [0.2, 0.25) is 0 Å². The molecule has 0 spiro atoms. The van der Waals surface area contributed by atoms with Gasteiger partial charge < -0.3 is 14.5 Å². The zero-order valence-electron chi connectivity index (χ0n) is 15.4. The highest BCUT2D eigenvalue weighted by atomic mass is 16.5. The van der Waals surface area contributed by atoms with Crippen molar-refractivity contribution in [1.82, 2.24) is 9.80 Å². The molecule has 0 radical (unpaired) electrons. The molecule has 3 atom stereocenters. The fraction of sp³-hybridized carbons (Fsp3) is 0.550. The van der Waals surface area contributed by atoms with E-state index in [0.717, 1.165) is 12.0 Å². The number of fused-ring (bicyclic) bond motifs is 1. The molecule has 26 heavy (non-hydrogen) atoms. The van der Waals surface area contributed by atoms with E-state index in [1.54, 1.807) is 18.7 Å². The fourth-order valence-corrected chi connectivity index (χ4v) is 3.99. The van der Waals surface area contributed by atoms with Crippen LogP contribution >= 0.6 is 0 Å². The van der Waals surface area contributed by atoms with Gasteiger partial charge in [-0.3, -0.25) is 9.59 Å². The summed E-state index contributed by atoms with van der Waals surface area (Å²) < 4.78 is 5.23. The van der Waals surface area contributed by atoms with Crippen LogP contribution in [0.25, 0.3) is 0 Å². The average Bonchev–Trinajstić information content (AvgIpc) is 3.14. The van der Waals surface area contributed by atoms with Crippen LogP contribution < -0.4 is 0 Å². The molecule has 0 aromatic heterocycles. The third kappa shape index (κ3) is 3.45. The minimum Gasteiger partial charge on any atom is -0.464 e. The number of rotatable bonds is 6. The standard InChI is InChI=1S/C20H26N2O4/c1-3-26-20(25)17(12-11-15-8-5-4-6-9-15)22-14(2)18(23)21-13-7-10-16(21)19(22)24/h4-6,8-9,14,16-17H,3,7,10-13H2,1-2H3/t14-,16-,17-/m0/s1. The first-order valence-corrected chi connectivity index (χ1v) is 9.37. The molecule has 0 unspecified atom stereocenters. The highest BCUT2D eigenvalue weighted by molar-refractivity contribution is 5.99. The molecule has 2 amide bonds. The predicted octanol–water partition coefficient (Wildman–Crippen LogP) is 1.77. The van der Waals surface area contributed by atoms with Crippen LogP contribution in [0.15, 0.2) is 30.3 Å².